The molecule has 1 aromatic heterocycles. The molecule has 0 fully saturated rings. The van der Waals surface area contributed by atoms with Gasteiger partial charge in [0.15, 0.2) is 11.5 Å². The van der Waals surface area contributed by atoms with E-state index in [9.17, 15) is 9.59 Å². The van der Waals surface area contributed by atoms with E-state index >= 15 is 0 Å². The number of thiophene rings is 1. The predicted octanol–water partition coefficient (Wildman–Crippen LogP) is 7.13. The number of carbonyl (C=O) groups excluding carboxylic acids is 2. The molecular formula is C32H32N2O4S. The van der Waals surface area contributed by atoms with Gasteiger partial charge >= 0.3 is 5.97 Å². The van der Waals surface area contributed by atoms with Crippen LogP contribution in [0.3, 0.4) is 0 Å². The second-order valence-corrected chi connectivity index (χ2v) is 12.5. The number of anilines is 1. The summed E-state index contributed by atoms with van der Waals surface area (Å²) in [4.78, 5) is 27.7. The first-order valence-electron chi connectivity index (χ1n) is 13.3. The van der Waals surface area contributed by atoms with Crippen molar-refractivity contribution in [3.63, 3.8) is 0 Å². The number of esters is 1. The summed E-state index contributed by atoms with van der Waals surface area (Å²) < 4.78 is 11.4. The van der Waals surface area contributed by atoms with Crippen molar-refractivity contribution < 1.29 is 19.1 Å². The summed E-state index contributed by atoms with van der Waals surface area (Å²) in [7, 11) is 1.54. The summed E-state index contributed by atoms with van der Waals surface area (Å²) in [6, 6.07) is 18.6. The highest BCUT2D eigenvalue weighted by atomic mass is 32.1. The van der Waals surface area contributed by atoms with Gasteiger partial charge in [0, 0.05) is 4.88 Å². The van der Waals surface area contributed by atoms with Crippen LogP contribution in [0.4, 0.5) is 5.00 Å². The predicted molar refractivity (Wildman–Crippen MR) is 155 cm³/mol. The van der Waals surface area contributed by atoms with Crippen molar-refractivity contribution in [1.29, 1.82) is 0 Å². The molecule has 2 unspecified atom stereocenters. The largest absolute Gasteiger partial charge is 0.493 e. The molecule has 2 N–H and O–H groups in total. The molecule has 6 nitrogen and oxygen atoms in total. The summed E-state index contributed by atoms with van der Waals surface area (Å²) in [5, 5.41) is 9.38. The number of hydrogen-bond acceptors (Lipinski definition) is 6. The minimum atomic E-state index is -0.454. The quantitative estimate of drug-likeness (QED) is 0.213. The highest BCUT2D eigenvalue weighted by Crippen LogP contribution is 2.46. The Hall–Kier alpha value is -3.84. The molecule has 0 radical (unpaired) electrons. The lowest BCUT2D eigenvalue weighted by Crippen LogP contribution is -2.38. The number of rotatable bonds is 4. The fraction of sp³-hybridized carbons (Fsp3) is 0.312. The van der Waals surface area contributed by atoms with Gasteiger partial charge in [0.25, 0.3) is 5.91 Å². The van der Waals surface area contributed by atoms with Crippen LogP contribution in [0.2, 0.25) is 0 Å². The van der Waals surface area contributed by atoms with Crippen LogP contribution < -0.4 is 20.1 Å². The molecule has 3 aromatic carbocycles. The maximum absolute atomic E-state index is 13.3. The van der Waals surface area contributed by atoms with Crippen molar-refractivity contribution in [2.24, 2.45) is 11.3 Å². The van der Waals surface area contributed by atoms with E-state index in [2.05, 4.69) is 31.4 Å². The van der Waals surface area contributed by atoms with Crippen LogP contribution in [0.1, 0.15) is 70.1 Å². The Balaban J connectivity index is 1.24. The van der Waals surface area contributed by atoms with Crippen LogP contribution in [-0.2, 0) is 12.8 Å². The normalized spacial score (nSPS) is 18.5. The zero-order valence-corrected chi connectivity index (χ0v) is 23.4. The Bertz CT molecular complexity index is 1590. The number of amides is 1. The van der Waals surface area contributed by atoms with Crippen LogP contribution >= 0.6 is 11.3 Å². The first-order valence-corrected chi connectivity index (χ1v) is 14.1. The number of carbonyl (C=O) groups is 2. The maximum Gasteiger partial charge on any atom is 0.344 e. The van der Waals surface area contributed by atoms with Gasteiger partial charge in [-0.05, 0) is 70.7 Å². The SMILES string of the molecule is COc1cc(C2NC(=O)c3c(sc4c3CCC(C(C)(C)C)C4)N2)ccc1OC(=O)c1cccc2ccccc12. The van der Waals surface area contributed by atoms with Gasteiger partial charge in [0.2, 0.25) is 0 Å². The monoisotopic (exact) mass is 540 g/mol. The van der Waals surface area contributed by atoms with Gasteiger partial charge in [-0.1, -0.05) is 63.2 Å². The first kappa shape index (κ1) is 25.4. The van der Waals surface area contributed by atoms with Crippen molar-refractivity contribution in [1.82, 2.24) is 5.32 Å². The van der Waals surface area contributed by atoms with E-state index in [0.717, 1.165) is 46.2 Å². The van der Waals surface area contributed by atoms with Crippen molar-refractivity contribution in [3.8, 4) is 11.5 Å². The number of ether oxygens (including phenoxy) is 2. The van der Waals surface area contributed by atoms with Crippen LogP contribution in [0.15, 0.2) is 60.7 Å². The Morgan fingerprint density at radius 3 is 2.59 bits per heavy atom. The third kappa shape index (κ3) is 4.65. The Kier molecular flexibility index (Phi) is 6.34. The van der Waals surface area contributed by atoms with E-state index < -0.39 is 12.1 Å². The molecule has 7 heteroatoms. The second kappa shape index (κ2) is 9.72. The van der Waals surface area contributed by atoms with Crippen molar-refractivity contribution in [2.45, 2.75) is 46.2 Å². The van der Waals surface area contributed by atoms with Crippen molar-refractivity contribution in [3.05, 3.63) is 87.8 Å². The minimum Gasteiger partial charge on any atom is -0.493 e. The van der Waals surface area contributed by atoms with Crippen molar-refractivity contribution in [2.75, 3.05) is 12.4 Å². The fourth-order valence-corrected chi connectivity index (χ4v) is 7.06. The van der Waals surface area contributed by atoms with Gasteiger partial charge in [0.05, 0.1) is 18.2 Å². The number of nitrogens with one attached hydrogen (secondary N) is 2. The number of hydrogen-bond donors (Lipinski definition) is 2. The molecule has 0 saturated carbocycles. The molecule has 2 atom stereocenters. The first-order chi connectivity index (χ1) is 18.7. The molecule has 1 aliphatic heterocycles. The van der Waals surface area contributed by atoms with Gasteiger partial charge in [-0.3, -0.25) is 4.79 Å². The lowest BCUT2D eigenvalue weighted by atomic mass is 9.72. The molecular weight excluding hydrogens is 508 g/mol. The summed E-state index contributed by atoms with van der Waals surface area (Å²) in [5.41, 5.74) is 3.55. The molecule has 0 saturated heterocycles. The van der Waals surface area contributed by atoms with E-state index in [0.29, 0.717) is 23.0 Å². The van der Waals surface area contributed by atoms with Crippen LogP contribution in [-0.4, -0.2) is 19.0 Å². The van der Waals surface area contributed by atoms with E-state index in [4.69, 9.17) is 9.47 Å². The highest BCUT2D eigenvalue weighted by Gasteiger charge is 2.36. The van der Waals surface area contributed by atoms with E-state index in [1.807, 2.05) is 42.5 Å². The topological polar surface area (TPSA) is 76.7 Å². The second-order valence-electron chi connectivity index (χ2n) is 11.4. The number of benzene rings is 3. The highest BCUT2D eigenvalue weighted by molar-refractivity contribution is 7.16. The molecule has 2 heterocycles. The summed E-state index contributed by atoms with van der Waals surface area (Å²) >= 11 is 1.71. The summed E-state index contributed by atoms with van der Waals surface area (Å²) in [6.07, 6.45) is 2.64. The standard InChI is InChI=1S/C32H32N2O4S/c1-32(2,3)20-13-14-23-26(17-20)39-30-27(23)29(35)33-28(34-30)19-12-15-24(25(16-19)37-4)38-31(36)22-11-7-9-18-8-5-6-10-21(18)22/h5-12,15-16,20,28,34H,13-14,17H2,1-4H3,(H,33,35). The summed E-state index contributed by atoms with van der Waals surface area (Å²) in [5.74, 6) is 0.843. The Labute approximate surface area is 232 Å². The minimum absolute atomic E-state index is 0.0501. The molecule has 2 aliphatic rings. The number of methoxy groups -OCH3 is 1. The smallest absolute Gasteiger partial charge is 0.344 e. The molecule has 1 amide bonds. The fourth-order valence-electron chi connectivity index (χ4n) is 5.71. The molecule has 4 aromatic rings. The van der Waals surface area contributed by atoms with Gasteiger partial charge in [0.1, 0.15) is 11.2 Å². The molecule has 1 aliphatic carbocycles. The van der Waals surface area contributed by atoms with Gasteiger partial charge in [-0.2, -0.15) is 0 Å². The van der Waals surface area contributed by atoms with Crippen LogP contribution in [0.25, 0.3) is 10.8 Å². The van der Waals surface area contributed by atoms with E-state index in [-0.39, 0.29) is 11.3 Å². The van der Waals surface area contributed by atoms with Crippen LogP contribution in [0, 0.1) is 11.3 Å². The average molecular weight is 541 g/mol. The Morgan fingerprint density at radius 2 is 1.79 bits per heavy atom. The van der Waals surface area contributed by atoms with Gasteiger partial charge in [-0.25, -0.2) is 4.79 Å². The maximum atomic E-state index is 13.3. The van der Waals surface area contributed by atoms with Gasteiger partial charge < -0.3 is 20.1 Å². The molecule has 0 spiro atoms. The Morgan fingerprint density at radius 1 is 1.00 bits per heavy atom. The van der Waals surface area contributed by atoms with Crippen molar-refractivity contribution >= 4 is 39.0 Å². The lowest BCUT2D eigenvalue weighted by molar-refractivity contribution is 0.0731. The third-order valence-electron chi connectivity index (χ3n) is 8.00. The van der Waals surface area contributed by atoms with Crippen LogP contribution in [0.5, 0.6) is 11.5 Å². The zero-order chi connectivity index (χ0) is 27.3. The zero-order valence-electron chi connectivity index (χ0n) is 22.6. The molecule has 0 bridgehead atoms. The lowest BCUT2D eigenvalue weighted by Gasteiger charge is -2.34. The third-order valence-corrected chi connectivity index (χ3v) is 9.19. The molecule has 39 heavy (non-hydrogen) atoms. The molecule has 6 rings (SSSR count). The molecule has 200 valence electrons. The van der Waals surface area contributed by atoms with E-state index in [1.54, 1.807) is 29.5 Å². The van der Waals surface area contributed by atoms with Gasteiger partial charge in [-0.15, -0.1) is 11.3 Å². The average Bonchev–Trinajstić information content (AvgIpc) is 3.30. The number of fused-ring (bicyclic) bond motifs is 4. The summed E-state index contributed by atoms with van der Waals surface area (Å²) in [6.45, 7) is 6.90. The van der Waals surface area contributed by atoms with E-state index in [1.165, 1.54) is 17.6 Å².